The quantitative estimate of drug-likeness (QED) is 0.750. The highest BCUT2D eigenvalue weighted by Gasteiger charge is 2.31. The van der Waals surface area contributed by atoms with Gasteiger partial charge in [-0.15, -0.1) is 11.6 Å². The first-order valence-electron chi connectivity index (χ1n) is 7.18. The van der Waals surface area contributed by atoms with Crippen molar-refractivity contribution < 1.29 is 0 Å². The van der Waals surface area contributed by atoms with Crippen molar-refractivity contribution in [2.24, 2.45) is 0 Å². The van der Waals surface area contributed by atoms with E-state index in [2.05, 4.69) is 36.2 Å². The van der Waals surface area contributed by atoms with E-state index in [1.54, 1.807) is 11.1 Å². The summed E-state index contributed by atoms with van der Waals surface area (Å²) in [5, 5.41) is 0.360. The average Bonchev–Trinajstić information content (AvgIpc) is 2.36. The Morgan fingerprint density at radius 1 is 1.22 bits per heavy atom. The summed E-state index contributed by atoms with van der Waals surface area (Å²) in [6, 6.07) is 9.45. The molecule has 0 aliphatic heterocycles. The van der Waals surface area contributed by atoms with Gasteiger partial charge in [-0.2, -0.15) is 0 Å². The summed E-state index contributed by atoms with van der Waals surface area (Å²) in [6.07, 6.45) is 6.38. The Morgan fingerprint density at radius 2 is 2.00 bits per heavy atom. The molecule has 0 spiro atoms. The van der Waals surface area contributed by atoms with Gasteiger partial charge in [0.05, 0.1) is 0 Å². The van der Waals surface area contributed by atoms with Gasteiger partial charge in [0, 0.05) is 23.9 Å². The highest BCUT2D eigenvalue weighted by Crippen LogP contribution is 2.36. The molecule has 1 aromatic carbocycles. The summed E-state index contributed by atoms with van der Waals surface area (Å²) in [5.41, 5.74) is 3.10. The molecule has 1 aromatic rings. The molecular weight excluding hydrogens is 242 g/mol. The molecular formula is C16H22ClN. The number of halogens is 1. The van der Waals surface area contributed by atoms with Crippen LogP contribution in [0.5, 0.6) is 0 Å². The van der Waals surface area contributed by atoms with Crippen LogP contribution in [0.3, 0.4) is 0 Å². The molecule has 2 aliphatic carbocycles. The molecule has 0 heterocycles. The summed E-state index contributed by atoms with van der Waals surface area (Å²) < 4.78 is 0. The summed E-state index contributed by atoms with van der Waals surface area (Å²) in [6.45, 7) is 1.17. The lowest BCUT2D eigenvalue weighted by molar-refractivity contribution is 0.181. The third-order valence-corrected chi connectivity index (χ3v) is 5.19. The van der Waals surface area contributed by atoms with Gasteiger partial charge in [-0.1, -0.05) is 37.1 Å². The van der Waals surface area contributed by atoms with Crippen LogP contribution in [0.4, 0.5) is 0 Å². The van der Waals surface area contributed by atoms with Crippen LogP contribution in [0.1, 0.15) is 42.7 Å². The number of fused-ring (bicyclic) bond motifs is 1. The van der Waals surface area contributed by atoms with Gasteiger partial charge in [0.15, 0.2) is 0 Å². The Balaban J connectivity index is 1.61. The average molecular weight is 264 g/mol. The number of likely N-dealkylation sites (N-methyl/N-ethyl adjacent to an activating group) is 1. The smallest absolute Gasteiger partial charge is 0.0491 e. The van der Waals surface area contributed by atoms with Crippen molar-refractivity contribution in [2.75, 3.05) is 13.6 Å². The fraction of sp³-hybridized carbons (Fsp3) is 0.625. The zero-order valence-corrected chi connectivity index (χ0v) is 11.9. The van der Waals surface area contributed by atoms with Gasteiger partial charge in [0.25, 0.3) is 0 Å². The van der Waals surface area contributed by atoms with E-state index in [4.69, 9.17) is 11.6 Å². The van der Waals surface area contributed by atoms with Gasteiger partial charge in [0.1, 0.15) is 0 Å². The number of hydrogen-bond donors (Lipinski definition) is 0. The van der Waals surface area contributed by atoms with E-state index in [9.17, 15) is 0 Å². The van der Waals surface area contributed by atoms with E-state index in [1.165, 1.54) is 38.6 Å². The standard InChI is InChI=1S/C16H22ClN/c1-18(16-9-5-4-8-15(16)17)11-13-10-12-6-2-3-7-14(12)13/h2-3,6-7,13,15-16H,4-5,8-11H2,1H3. The molecule has 0 bridgehead atoms. The van der Waals surface area contributed by atoms with E-state index in [0.29, 0.717) is 11.4 Å². The van der Waals surface area contributed by atoms with E-state index < -0.39 is 0 Å². The molecule has 1 nitrogen and oxygen atoms in total. The minimum absolute atomic E-state index is 0.360. The van der Waals surface area contributed by atoms with E-state index >= 15 is 0 Å². The number of nitrogens with zero attached hydrogens (tertiary/aromatic N) is 1. The molecule has 2 heteroatoms. The minimum Gasteiger partial charge on any atom is -0.301 e. The first-order chi connectivity index (χ1) is 8.75. The molecule has 18 heavy (non-hydrogen) atoms. The van der Waals surface area contributed by atoms with Gasteiger partial charge < -0.3 is 4.90 Å². The van der Waals surface area contributed by atoms with Crippen LogP contribution in [0.25, 0.3) is 0 Å². The number of rotatable bonds is 3. The Labute approximate surface area is 115 Å². The van der Waals surface area contributed by atoms with Crippen LogP contribution in [0, 0.1) is 0 Å². The maximum atomic E-state index is 6.48. The van der Waals surface area contributed by atoms with Crippen molar-refractivity contribution >= 4 is 11.6 Å². The normalized spacial score (nSPS) is 30.9. The van der Waals surface area contributed by atoms with Crippen molar-refractivity contribution in [1.82, 2.24) is 4.90 Å². The highest BCUT2D eigenvalue weighted by atomic mass is 35.5. The van der Waals surface area contributed by atoms with Crippen LogP contribution in [-0.4, -0.2) is 29.9 Å². The maximum Gasteiger partial charge on any atom is 0.0491 e. The lowest BCUT2D eigenvalue weighted by atomic mass is 9.77. The van der Waals surface area contributed by atoms with Crippen LogP contribution in [0.2, 0.25) is 0 Å². The molecule has 0 radical (unpaired) electrons. The van der Waals surface area contributed by atoms with Gasteiger partial charge in [-0.05, 0) is 37.4 Å². The third kappa shape index (κ3) is 2.31. The third-order valence-electron chi connectivity index (χ3n) is 4.68. The van der Waals surface area contributed by atoms with Gasteiger partial charge in [-0.3, -0.25) is 0 Å². The second kappa shape index (κ2) is 5.22. The SMILES string of the molecule is CN(CC1Cc2ccccc21)C1CCCCC1Cl. The van der Waals surface area contributed by atoms with Crippen LogP contribution in [-0.2, 0) is 6.42 Å². The van der Waals surface area contributed by atoms with Gasteiger partial charge in [-0.25, -0.2) is 0 Å². The predicted molar refractivity (Wildman–Crippen MR) is 77.4 cm³/mol. The topological polar surface area (TPSA) is 3.24 Å². The van der Waals surface area contributed by atoms with Crippen molar-refractivity contribution in [1.29, 1.82) is 0 Å². The Kier molecular flexibility index (Phi) is 3.63. The lowest BCUT2D eigenvalue weighted by Crippen LogP contribution is -2.44. The number of hydrogen-bond acceptors (Lipinski definition) is 1. The van der Waals surface area contributed by atoms with E-state index in [0.717, 1.165) is 5.92 Å². The Morgan fingerprint density at radius 3 is 2.78 bits per heavy atom. The first kappa shape index (κ1) is 12.5. The zero-order chi connectivity index (χ0) is 12.5. The summed E-state index contributed by atoms with van der Waals surface area (Å²) in [5.74, 6) is 0.733. The molecule has 0 N–H and O–H groups in total. The van der Waals surface area contributed by atoms with Crippen molar-refractivity contribution in [2.45, 2.75) is 49.4 Å². The molecule has 98 valence electrons. The van der Waals surface area contributed by atoms with Gasteiger partial charge in [0.2, 0.25) is 0 Å². The minimum atomic E-state index is 0.360. The fourth-order valence-corrected chi connectivity index (χ4v) is 4.04. The molecule has 2 aliphatic rings. The second-order valence-electron chi connectivity index (χ2n) is 5.91. The van der Waals surface area contributed by atoms with Crippen LogP contribution < -0.4 is 0 Å². The Hall–Kier alpha value is -0.530. The zero-order valence-electron chi connectivity index (χ0n) is 11.1. The summed E-state index contributed by atoms with van der Waals surface area (Å²) in [7, 11) is 2.26. The van der Waals surface area contributed by atoms with Crippen molar-refractivity contribution in [3.63, 3.8) is 0 Å². The molecule has 3 rings (SSSR count). The maximum absolute atomic E-state index is 6.48. The van der Waals surface area contributed by atoms with Gasteiger partial charge >= 0.3 is 0 Å². The molecule has 1 fully saturated rings. The van der Waals surface area contributed by atoms with E-state index in [1.807, 2.05) is 0 Å². The molecule has 0 aromatic heterocycles. The second-order valence-corrected chi connectivity index (χ2v) is 6.47. The molecule has 1 saturated carbocycles. The molecule has 3 atom stereocenters. The monoisotopic (exact) mass is 263 g/mol. The Bertz CT molecular complexity index is 417. The molecule has 3 unspecified atom stereocenters. The van der Waals surface area contributed by atoms with Crippen LogP contribution in [0.15, 0.2) is 24.3 Å². The fourth-order valence-electron chi connectivity index (χ4n) is 3.57. The molecule has 0 saturated heterocycles. The number of alkyl halides is 1. The van der Waals surface area contributed by atoms with E-state index in [-0.39, 0.29) is 0 Å². The largest absolute Gasteiger partial charge is 0.301 e. The van der Waals surface area contributed by atoms with Crippen molar-refractivity contribution in [3.8, 4) is 0 Å². The lowest BCUT2D eigenvalue weighted by Gasteiger charge is -2.39. The first-order valence-corrected chi connectivity index (χ1v) is 7.61. The number of benzene rings is 1. The molecule has 0 amide bonds. The summed E-state index contributed by atoms with van der Waals surface area (Å²) >= 11 is 6.48. The summed E-state index contributed by atoms with van der Waals surface area (Å²) in [4.78, 5) is 2.51. The van der Waals surface area contributed by atoms with Crippen molar-refractivity contribution in [3.05, 3.63) is 35.4 Å². The highest BCUT2D eigenvalue weighted by molar-refractivity contribution is 6.21. The predicted octanol–water partition coefficient (Wildman–Crippen LogP) is 3.81. The van der Waals surface area contributed by atoms with Crippen LogP contribution >= 0.6 is 11.6 Å².